The van der Waals surface area contributed by atoms with Gasteiger partial charge < -0.3 is 10.1 Å². The summed E-state index contributed by atoms with van der Waals surface area (Å²) in [7, 11) is 0. The molecule has 88 valence electrons. The van der Waals surface area contributed by atoms with E-state index in [1.807, 2.05) is 6.92 Å². The van der Waals surface area contributed by atoms with Gasteiger partial charge in [-0.25, -0.2) is 0 Å². The number of unbranched alkanes of at least 4 members (excludes halogenated alkanes) is 1. The van der Waals surface area contributed by atoms with E-state index in [4.69, 9.17) is 4.74 Å². The van der Waals surface area contributed by atoms with E-state index in [-0.39, 0.29) is 12.0 Å². The van der Waals surface area contributed by atoms with Gasteiger partial charge in [0, 0.05) is 19.6 Å². The summed E-state index contributed by atoms with van der Waals surface area (Å²) < 4.78 is 5.07. The van der Waals surface area contributed by atoms with Crippen molar-refractivity contribution in [2.24, 2.45) is 0 Å². The highest BCUT2D eigenvalue weighted by molar-refractivity contribution is 5.76. The molecule has 0 aromatic heterocycles. The number of hydrogen-bond donors (Lipinski definition) is 1. The number of esters is 1. The Morgan fingerprint density at radius 2 is 2.33 bits per heavy atom. The van der Waals surface area contributed by atoms with Gasteiger partial charge in [-0.05, 0) is 19.9 Å². The molecule has 15 heavy (non-hydrogen) atoms. The van der Waals surface area contributed by atoms with Gasteiger partial charge in [0.05, 0.1) is 6.61 Å². The van der Waals surface area contributed by atoms with Crippen molar-refractivity contribution in [3.63, 3.8) is 0 Å². The third-order valence-corrected chi connectivity index (χ3v) is 2.71. The minimum Gasteiger partial charge on any atom is -0.465 e. The van der Waals surface area contributed by atoms with Crippen LogP contribution in [0.2, 0.25) is 0 Å². The fraction of sp³-hybridized carbons (Fsp3) is 0.909. The summed E-state index contributed by atoms with van der Waals surface area (Å²) in [6.45, 7) is 8.14. The maximum absolute atomic E-state index is 11.7. The molecule has 0 aromatic rings. The Morgan fingerprint density at radius 1 is 1.53 bits per heavy atom. The highest BCUT2D eigenvalue weighted by atomic mass is 16.5. The van der Waals surface area contributed by atoms with Crippen LogP contribution in [0.25, 0.3) is 0 Å². The molecule has 1 unspecified atom stereocenters. The molecule has 1 heterocycles. The lowest BCUT2D eigenvalue weighted by Gasteiger charge is -2.34. The van der Waals surface area contributed by atoms with Crippen molar-refractivity contribution in [1.29, 1.82) is 0 Å². The molecule has 0 bridgehead atoms. The first-order chi connectivity index (χ1) is 7.29. The predicted molar refractivity (Wildman–Crippen MR) is 59.8 cm³/mol. The number of hydrogen-bond acceptors (Lipinski definition) is 4. The van der Waals surface area contributed by atoms with Gasteiger partial charge in [0.2, 0.25) is 0 Å². The Balaban J connectivity index is 2.45. The molecule has 0 amide bonds. The van der Waals surface area contributed by atoms with Crippen molar-refractivity contribution in [2.75, 3.05) is 32.8 Å². The zero-order valence-electron chi connectivity index (χ0n) is 9.79. The number of carbonyl (C=O) groups excluding carboxylic acids is 1. The molecule has 1 aliphatic heterocycles. The van der Waals surface area contributed by atoms with Crippen molar-refractivity contribution in [3.05, 3.63) is 0 Å². The zero-order valence-corrected chi connectivity index (χ0v) is 9.79. The number of nitrogens with zero attached hydrogens (tertiary/aromatic N) is 1. The minimum atomic E-state index is -0.0826. The molecule has 1 rings (SSSR count). The highest BCUT2D eigenvalue weighted by Gasteiger charge is 2.28. The predicted octanol–water partition coefficient (Wildman–Crippen LogP) is 0.623. The molecule has 0 spiro atoms. The average molecular weight is 214 g/mol. The molecule has 0 saturated carbocycles. The minimum absolute atomic E-state index is 0.0785. The van der Waals surface area contributed by atoms with Crippen molar-refractivity contribution >= 4 is 5.97 Å². The molecule has 1 N–H and O–H groups in total. The summed E-state index contributed by atoms with van der Waals surface area (Å²) >= 11 is 0. The van der Waals surface area contributed by atoms with Crippen molar-refractivity contribution < 1.29 is 9.53 Å². The lowest BCUT2D eigenvalue weighted by molar-refractivity contribution is -0.150. The van der Waals surface area contributed by atoms with Crippen LogP contribution >= 0.6 is 0 Å². The van der Waals surface area contributed by atoms with Crippen molar-refractivity contribution in [1.82, 2.24) is 10.2 Å². The quantitative estimate of drug-likeness (QED) is 0.681. The van der Waals surface area contributed by atoms with Crippen LogP contribution in [0.4, 0.5) is 0 Å². The second-order valence-electron chi connectivity index (χ2n) is 3.86. The molecule has 0 aliphatic carbocycles. The maximum Gasteiger partial charge on any atom is 0.324 e. The summed E-state index contributed by atoms with van der Waals surface area (Å²) in [5.41, 5.74) is 0. The number of carbonyl (C=O) groups is 1. The number of nitrogens with one attached hydrogen (secondary N) is 1. The zero-order chi connectivity index (χ0) is 11.1. The second kappa shape index (κ2) is 6.80. The average Bonchev–Trinajstić information content (AvgIpc) is 2.27. The fourth-order valence-corrected chi connectivity index (χ4v) is 1.85. The molecule has 4 nitrogen and oxygen atoms in total. The van der Waals surface area contributed by atoms with Gasteiger partial charge in [-0.1, -0.05) is 13.3 Å². The van der Waals surface area contributed by atoms with Crippen LogP contribution in [0.1, 0.15) is 26.7 Å². The largest absolute Gasteiger partial charge is 0.465 e. The molecule has 0 aromatic carbocycles. The molecule has 4 heteroatoms. The number of piperazine rings is 1. The van der Waals surface area contributed by atoms with Crippen molar-refractivity contribution in [2.45, 2.75) is 32.7 Å². The van der Waals surface area contributed by atoms with Crippen LogP contribution in [-0.4, -0.2) is 49.7 Å². The van der Waals surface area contributed by atoms with Gasteiger partial charge in [0.25, 0.3) is 0 Å². The Bertz CT molecular complexity index is 197. The van der Waals surface area contributed by atoms with Gasteiger partial charge >= 0.3 is 5.97 Å². The van der Waals surface area contributed by atoms with Gasteiger partial charge in [-0.15, -0.1) is 0 Å². The summed E-state index contributed by atoms with van der Waals surface area (Å²) in [5, 5.41) is 3.24. The summed E-state index contributed by atoms with van der Waals surface area (Å²) in [6.07, 6.45) is 2.31. The molecular formula is C11H22N2O2. The first-order valence-corrected chi connectivity index (χ1v) is 5.91. The summed E-state index contributed by atoms with van der Waals surface area (Å²) in [6, 6.07) is -0.0785. The van der Waals surface area contributed by atoms with E-state index in [1.54, 1.807) is 0 Å². The van der Waals surface area contributed by atoms with Crippen LogP contribution < -0.4 is 5.32 Å². The van der Waals surface area contributed by atoms with Gasteiger partial charge in [-0.3, -0.25) is 9.69 Å². The Hall–Kier alpha value is -0.610. The smallest absolute Gasteiger partial charge is 0.324 e. The maximum atomic E-state index is 11.7. The molecule has 1 saturated heterocycles. The topological polar surface area (TPSA) is 41.6 Å². The van der Waals surface area contributed by atoms with Gasteiger partial charge in [0.15, 0.2) is 0 Å². The molecule has 1 aliphatic rings. The third-order valence-electron chi connectivity index (χ3n) is 2.71. The summed E-state index contributed by atoms with van der Waals surface area (Å²) in [5.74, 6) is -0.0826. The van der Waals surface area contributed by atoms with Gasteiger partial charge in [-0.2, -0.15) is 0 Å². The Labute approximate surface area is 92.0 Å². The van der Waals surface area contributed by atoms with Crippen LogP contribution in [0.3, 0.4) is 0 Å². The Kier molecular flexibility index (Phi) is 5.65. The van der Waals surface area contributed by atoms with E-state index < -0.39 is 0 Å². The number of rotatable bonds is 5. The molecule has 1 atom stereocenters. The fourth-order valence-electron chi connectivity index (χ4n) is 1.85. The van der Waals surface area contributed by atoms with Gasteiger partial charge in [0.1, 0.15) is 6.04 Å². The van der Waals surface area contributed by atoms with Crippen LogP contribution in [-0.2, 0) is 9.53 Å². The van der Waals surface area contributed by atoms with E-state index in [2.05, 4.69) is 17.1 Å². The monoisotopic (exact) mass is 214 g/mol. The highest BCUT2D eigenvalue weighted by Crippen LogP contribution is 2.07. The number of ether oxygens (including phenoxy) is 1. The van der Waals surface area contributed by atoms with Crippen molar-refractivity contribution in [3.8, 4) is 0 Å². The third kappa shape index (κ3) is 3.80. The standard InChI is InChI=1S/C11H22N2O2/c1-3-5-7-13-8-6-12-9-10(13)11(14)15-4-2/h10,12H,3-9H2,1-2H3. The molecule has 1 fully saturated rings. The summed E-state index contributed by atoms with van der Waals surface area (Å²) in [4.78, 5) is 13.9. The van der Waals surface area contributed by atoms with Crippen LogP contribution in [0.5, 0.6) is 0 Å². The van der Waals surface area contributed by atoms with E-state index >= 15 is 0 Å². The lowest BCUT2D eigenvalue weighted by Crippen LogP contribution is -2.55. The second-order valence-corrected chi connectivity index (χ2v) is 3.86. The molecular weight excluding hydrogens is 192 g/mol. The van der Waals surface area contributed by atoms with E-state index in [0.29, 0.717) is 6.61 Å². The normalized spacial score (nSPS) is 22.7. The first kappa shape index (κ1) is 12.5. The van der Waals surface area contributed by atoms with E-state index in [9.17, 15) is 4.79 Å². The Morgan fingerprint density at radius 3 is 3.00 bits per heavy atom. The SMILES string of the molecule is CCCCN1CCNCC1C(=O)OCC. The van der Waals surface area contributed by atoms with Crippen LogP contribution in [0, 0.1) is 0 Å². The van der Waals surface area contributed by atoms with E-state index in [0.717, 1.165) is 32.6 Å². The first-order valence-electron chi connectivity index (χ1n) is 5.91. The lowest BCUT2D eigenvalue weighted by atomic mass is 10.1. The van der Waals surface area contributed by atoms with Crippen LogP contribution in [0.15, 0.2) is 0 Å². The van der Waals surface area contributed by atoms with E-state index in [1.165, 1.54) is 6.42 Å². The molecule has 0 radical (unpaired) electrons.